The van der Waals surface area contributed by atoms with Crippen molar-refractivity contribution in [3.63, 3.8) is 0 Å². The van der Waals surface area contributed by atoms with E-state index in [2.05, 4.69) is 23.6 Å². The maximum Gasteiger partial charge on any atom is 0.124 e. The van der Waals surface area contributed by atoms with Crippen molar-refractivity contribution in [3.05, 3.63) is 18.2 Å². The van der Waals surface area contributed by atoms with Crippen molar-refractivity contribution >= 4 is 5.69 Å². The van der Waals surface area contributed by atoms with Crippen molar-refractivity contribution in [1.82, 2.24) is 4.90 Å². The van der Waals surface area contributed by atoms with E-state index < -0.39 is 6.10 Å². The second-order valence-electron chi connectivity index (χ2n) is 6.94. The number of rotatable bonds is 9. The van der Waals surface area contributed by atoms with E-state index in [1.54, 1.807) is 14.2 Å². The number of nitrogens with zero attached hydrogens (tertiary/aromatic N) is 2. The summed E-state index contributed by atoms with van der Waals surface area (Å²) < 4.78 is 16.2. The van der Waals surface area contributed by atoms with Crippen LogP contribution < -0.4 is 14.4 Å². The minimum atomic E-state index is -0.429. The quantitative estimate of drug-likeness (QED) is 0.732. The largest absolute Gasteiger partial charge is 0.497 e. The second kappa shape index (κ2) is 9.85. The molecule has 1 unspecified atom stereocenters. The number of hydrogen-bond donors (Lipinski definition) is 1. The topological polar surface area (TPSA) is 54.4 Å². The van der Waals surface area contributed by atoms with E-state index in [1.807, 2.05) is 18.2 Å². The number of ether oxygens (including phenoxy) is 3. The molecule has 0 saturated carbocycles. The van der Waals surface area contributed by atoms with E-state index in [4.69, 9.17) is 14.2 Å². The lowest BCUT2D eigenvalue weighted by molar-refractivity contribution is 0.00747. The van der Waals surface area contributed by atoms with Crippen LogP contribution in [0.3, 0.4) is 0 Å². The van der Waals surface area contributed by atoms with Crippen molar-refractivity contribution in [1.29, 1.82) is 0 Å². The van der Waals surface area contributed by atoms with E-state index in [-0.39, 0.29) is 0 Å². The molecule has 1 N–H and O–H groups in total. The summed E-state index contributed by atoms with van der Waals surface area (Å²) in [6.45, 7) is 9.65. The molecule has 1 fully saturated rings. The van der Waals surface area contributed by atoms with Gasteiger partial charge in [-0.05, 0) is 5.92 Å². The summed E-state index contributed by atoms with van der Waals surface area (Å²) in [5, 5.41) is 10.1. The predicted molar refractivity (Wildman–Crippen MR) is 99.9 cm³/mol. The first kappa shape index (κ1) is 19.8. The van der Waals surface area contributed by atoms with Crippen LogP contribution in [-0.4, -0.2) is 76.3 Å². The minimum absolute atomic E-state index is 0.408. The fraction of sp³-hybridized carbons (Fsp3) is 0.684. The highest BCUT2D eigenvalue weighted by molar-refractivity contribution is 5.56. The smallest absolute Gasteiger partial charge is 0.124 e. The summed E-state index contributed by atoms with van der Waals surface area (Å²) in [6, 6.07) is 5.95. The Labute approximate surface area is 151 Å². The highest BCUT2D eigenvalue weighted by Gasteiger charge is 2.20. The van der Waals surface area contributed by atoms with Crippen molar-refractivity contribution in [3.8, 4) is 11.5 Å². The van der Waals surface area contributed by atoms with Gasteiger partial charge >= 0.3 is 0 Å². The van der Waals surface area contributed by atoms with Crippen LogP contribution in [0.4, 0.5) is 5.69 Å². The molecular formula is C19H32N2O4. The molecule has 6 heteroatoms. The number of piperazine rings is 1. The lowest BCUT2D eigenvalue weighted by Gasteiger charge is -2.37. The van der Waals surface area contributed by atoms with Crippen LogP contribution in [0.15, 0.2) is 18.2 Å². The molecule has 2 rings (SSSR count). The Bertz CT molecular complexity index is 494. The van der Waals surface area contributed by atoms with Gasteiger partial charge in [-0.25, -0.2) is 0 Å². The molecule has 1 saturated heterocycles. The molecule has 142 valence electrons. The lowest BCUT2D eigenvalue weighted by atomic mass is 10.2. The van der Waals surface area contributed by atoms with Gasteiger partial charge in [-0.3, -0.25) is 4.90 Å². The van der Waals surface area contributed by atoms with Gasteiger partial charge in [0, 0.05) is 63.2 Å². The minimum Gasteiger partial charge on any atom is -0.497 e. The molecule has 0 aromatic heterocycles. The molecule has 1 aliphatic heterocycles. The van der Waals surface area contributed by atoms with Crippen LogP contribution in [0.2, 0.25) is 0 Å². The summed E-state index contributed by atoms with van der Waals surface area (Å²) in [5.74, 6) is 2.10. The first-order valence-electron chi connectivity index (χ1n) is 8.98. The molecule has 0 radical (unpaired) electrons. The third-order valence-electron chi connectivity index (χ3n) is 4.30. The molecule has 1 aliphatic rings. The van der Waals surface area contributed by atoms with Crippen LogP contribution in [0, 0.1) is 5.92 Å². The van der Waals surface area contributed by atoms with Crippen molar-refractivity contribution in [2.45, 2.75) is 20.0 Å². The van der Waals surface area contributed by atoms with Gasteiger partial charge in [0.25, 0.3) is 0 Å². The Morgan fingerprint density at radius 2 is 1.56 bits per heavy atom. The van der Waals surface area contributed by atoms with Gasteiger partial charge in [0.15, 0.2) is 0 Å². The van der Waals surface area contributed by atoms with Gasteiger partial charge in [-0.1, -0.05) is 13.8 Å². The van der Waals surface area contributed by atoms with Gasteiger partial charge in [0.1, 0.15) is 11.5 Å². The number of anilines is 1. The monoisotopic (exact) mass is 352 g/mol. The van der Waals surface area contributed by atoms with Gasteiger partial charge in [-0.15, -0.1) is 0 Å². The highest BCUT2D eigenvalue weighted by Crippen LogP contribution is 2.29. The molecule has 0 amide bonds. The number of β-amino-alcohol motifs (C(OH)–C–C–N with tert-alkyl or cyclic N) is 1. The van der Waals surface area contributed by atoms with E-state index >= 15 is 0 Å². The summed E-state index contributed by atoms with van der Waals surface area (Å²) in [4.78, 5) is 4.61. The summed E-state index contributed by atoms with van der Waals surface area (Å²) in [6.07, 6.45) is -0.429. The average molecular weight is 352 g/mol. The zero-order valence-electron chi connectivity index (χ0n) is 15.9. The van der Waals surface area contributed by atoms with Crippen LogP contribution in [0.1, 0.15) is 13.8 Å². The van der Waals surface area contributed by atoms with E-state index in [0.717, 1.165) is 43.4 Å². The SMILES string of the molecule is COc1cc(OC)cc(N2CCN(CC(O)COCC(C)C)CC2)c1. The molecule has 1 atom stereocenters. The molecular weight excluding hydrogens is 320 g/mol. The van der Waals surface area contributed by atoms with Crippen LogP contribution >= 0.6 is 0 Å². The second-order valence-corrected chi connectivity index (χ2v) is 6.94. The fourth-order valence-corrected chi connectivity index (χ4v) is 2.95. The standard InChI is InChI=1S/C19H32N2O4/c1-15(2)13-25-14-17(22)12-20-5-7-21(8-6-20)16-9-18(23-3)11-19(10-16)24-4/h9-11,15,17,22H,5-8,12-14H2,1-4H3. The number of aliphatic hydroxyl groups is 1. The number of hydrogen-bond acceptors (Lipinski definition) is 6. The first-order valence-corrected chi connectivity index (χ1v) is 8.98. The summed E-state index contributed by atoms with van der Waals surface area (Å²) >= 11 is 0. The normalized spacial score (nSPS) is 17.0. The third kappa shape index (κ3) is 6.38. The zero-order chi connectivity index (χ0) is 18.2. The highest BCUT2D eigenvalue weighted by atomic mass is 16.5. The molecule has 1 aromatic carbocycles. The molecule has 1 heterocycles. The summed E-state index contributed by atoms with van der Waals surface area (Å²) in [7, 11) is 3.33. The van der Waals surface area contributed by atoms with Crippen molar-refractivity contribution in [2.24, 2.45) is 5.92 Å². The average Bonchev–Trinajstić information content (AvgIpc) is 2.61. The Morgan fingerprint density at radius 3 is 2.08 bits per heavy atom. The van der Waals surface area contributed by atoms with Gasteiger partial charge in [0.2, 0.25) is 0 Å². The Morgan fingerprint density at radius 1 is 0.960 bits per heavy atom. The predicted octanol–water partition coefficient (Wildman–Crippen LogP) is 1.86. The number of aliphatic hydroxyl groups excluding tert-OH is 1. The zero-order valence-corrected chi connectivity index (χ0v) is 15.9. The molecule has 0 bridgehead atoms. The lowest BCUT2D eigenvalue weighted by Crippen LogP contribution is -2.49. The third-order valence-corrected chi connectivity index (χ3v) is 4.30. The Kier molecular flexibility index (Phi) is 7.81. The van der Waals surface area contributed by atoms with Crippen LogP contribution in [0.25, 0.3) is 0 Å². The van der Waals surface area contributed by atoms with E-state index in [1.165, 1.54) is 0 Å². The van der Waals surface area contributed by atoms with Crippen LogP contribution in [0.5, 0.6) is 11.5 Å². The number of methoxy groups -OCH3 is 2. The number of benzene rings is 1. The van der Waals surface area contributed by atoms with Gasteiger partial charge in [0.05, 0.1) is 26.9 Å². The molecule has 1 aromatic rings. The molecule has 0 aliphatic carbocycles. The van der Waals surface area contributed by atoms with Gasteiger partial charge < -0.3 is 24.2 Å². The fourth-order valence-electron chi connectivity index (χ4n) is 2.95. The van der Waals surface area contributed by atoms with E-state index in [0.29, 0.717) is 25.7 Å². The van der Waals surface area contributed by atoms with Crippen molar-refractivity contribution in [2.75, 3.05) is 65.1 Å². The maximum atomic E-state index is 10.1. The Balaban J connectivity index is 1.81. The molecule has 0 spiro atoms. The molecule has 25 heavy (non-hydrogen) atoms. The first-order chi connectivity index (χ1) is 12.0. The summed E-state index contributed by atoms with van der Waals surface area (Å²) in [5.41, 5.74) is 1.11. The maximum absolute atomic E-state index is 10.1. The van der Waals surface area contributed by atoms with Crippen molar-refractivity contribution < 1.29 is 19.3 Å². The van der Waals surface area contributed by atoms with E-state index in [9.17, 15) is 5.11 Å². The Hall–Kier alpha value is -1.50. The van der Waals surface area contributed by atoms with Gasteiger partial charge in [-0.2, -0.15) is 0 Å². The molecule has 6 nitrogen and oxygen atoms in total. The van der Waals surface area contributed by atoms with Crippen LogP contribution in [-0.2, 0) is 4.74 Å².